The van der Waals surface area contributed by atoms with Crippen molar-refractivity contribution in [1.29, 1.82) is 0 Å². The smallest absolute Gasteiger partial charge is 0.354 e. The van der Waals surface area contributed by atoms with E-state index in [-0.39, 0.29) is 5.69 Å². The fraction of sp³-hybridized carbons (Fsp3) is 0.222. The number of hydrogen-bond acceptors (Lipinski definition) is 4. The highest BCUT2D eigenvalue weighted by Crippen LogP contribution is 2.07. The fourth-order valence-electron chi connectivity index (χ4n) is 0.927. The van der Waals surface area contributed by atoms with E-state index < -0.39 is 17.9 Å². The van der Waals surface area contributed by atoms with E-state index in [4.69, 9.17) is 10.8 Å². The predicted molar refractivity (Wildman–Crippen MR) is 53.5 cm³/mol. The van der Waals surface area contributed by atoms with Crippen molar-refractivity contribution in [3.63, 3.8) is 0 Å². The zero-order valence-electron chi connectivity index (χ0n) is 8.10. The molecule has 0 spiro atoms. The number of nitrogens with one attached hydrogen (secondary N) is 1. The van der Waals surface area contributed by atoms with E-state index in [0.29, 0.717) is 5.69 Å². The Labute approximate surface area is 86.1 Å². The van der Waals surface area contributed by atoms with Gasteiger partial charge in [0.05, 0.1) is 11.9 Å². The highest BCUT2D eigenvalue weighted by atomic mass is 16.4. The quantitative estimate of drug-likeness (QED) is 0.650. The summed E-state index contributed by atoms with van der Waals surface area (Å²) in [6.07, 6.45) is 1.34. The van der Waals surface area contributed by atoms with Gasteiger partial charge in [0.1, 0.15) is 11.7 Å². The number of nitrogens with zero attached hydrogens (tertiary/aromatic N) is 1. The van der Waals surface area contributed by atoms with Crippen LogP contribution in [0.2, 0.25) is 0 Å². The Balaban J connectivity index is 2.72. The lowest BCUT2D eigenvalue weighted by Gasteiger charge is -2.10. The van der Waals surface area contributed by atoms with Crippen LogP contribution in [0.4, 0.5) is 5.69 Å². The molecule has 1 atom stereocenters. The van der Waals surface area contributed by atoms with Crippen molar-refractivity contribution in [3.05, 3.63) is 24.0 Å². The largest absolute Gasteiger partial charge is 0.477 e. The molecule has 1 unspecified atom stereocenters. The van der Waals surface area contributed by atoms with Gasteiger partial charge in [-0.3, -0.25) is 4.79 Å². The van der Waals surface area contributed by atoms with Crippen LogP contribution in [0.15, 0.2) is 18.3 Å². The number of amides is 1. The van der Waals surface area contributed by atoms with Crippen molar-refractivity contribution in [2.24, 2.45) is 5.73 Å². The number of carbonyl (C=O) groups is 2. The topological polar surface area (TPSA) is 105 Å². The van der Waals surface area contributed by atoms with E-state index in [1.54, 1.807) is 6.92 Å². The van der Waals surface area contributed by atoms with Gasteiger partial charge in [-0.2, -0.15) is 0 Å². The van der Waals surface area contributed by atoms with Gasteiger partial charge in [0.25, 0.3) is 0 Å². The molecular formula is C9H11N3O3. The number of carboxylic acid groups (broad SMARTS) is 1. The molecule has 6 heteroatoms. The summed E-state index contributed by atoms with van der Waals surface area (Å²) in [6.45, 7) is 1.60. The van der Waals surface area contributed by atoms with Gasteiger partial charge in [-0.05, 0) is 19.1 Å². The van der Waals surface area contributed by atoms with E-state index in [9.17, 15) is 9.59 Å². The Hall–Kier alpha value is -2.11. The second kappa shape index (κ2) is 4.41. The maximum Gasteiger partial charge on any atom is 0.354 e. The SMILES string of the molecule is CC(Nc1ccc(C(=O)O)nc1)C(N)=O. The first-order valence-electron chi connectivity index (χ1n) is 4.26. The fourth-order valence-corrected chi connectivity index (χ4v) is 0.927. The van der Waals surface area contributed by atoms with Gasteiger partial charge in [0, 0.05) is 0 Å². The average molecular weight is 209 g/mol. The van der Waals surface area contributed by atoms with Gasteiger partial charge >= 0.3 is 5.97 Å². The van der Waals surface area contributed by atoms with Crippen LogP contribution in [0.5, 0.6) is 0 Å². The van der Waals surface area contributed by atoms with Crippen LogP contribution in [0.3, 0.4) is 0 Å². The molecule has 0 aromatic carbocycles. The first-order valence-corrected chi connectivity index (χ1v) is 4.26. The monoisotopic (exact) mass is 209 g/mol. The number of rotatable bonds is 4. The van der Waals surface area contributed by atoms with Crippen LogP contribution in [0.1, 0.15) is 17.4 Å². The Kier molecular flexibility index (Phi) is 3.22. The molecule has 0 saturated heterocycles. The number of aromatic nitrogens is 1. The molecule has 1 heterocycles. The standard InChI is InChI=1S/C9H11N3O3/c1-5(8(10)13)12-6-2-3-7(9(14)15)11-4-6/h2-5,12H,1H3,(H2,10,13)(H,14,15). The van der Waals surface area contributed by atoms with Crippen LogP contribution in [-0.2, 0) is 4.79 Å². The lowest BCUT2D eigenvalue weighted by molar-refractivity contribution is -0.118. The highest BCUT2D eigenvalue weighted by Gasteiger charge is 2.09. The van der Waals surface area contributed by atoms with Crippen molar-refractivity contribution in [3.8, 4) is 0 Å². The molecule has 80 valence electrons. The molecule has 0 fully saturated rings. The summed E-state index contributed by atoms with van der Waals surface area (Å²) in [6, 6.07) is 2.34. The first kappa shape index (κ1) is 11.0. The minimum Gasteiger partial charge on any atom is -0.477 e. The number of carboxylic acids is 1. The molecule has 6 nitrogen and oxygen atoms in total. The van der Waals surface area contributed by atoms with E-state index >= 15 is 0 Å². The van der Waals surface area contributed by atoms with Gasteiger partial charge in [0.15, 0.2) is 0 Å². The average Bonchev–Trinajstić information content (AvgIpc) is 2.18. The van der Waals surface area contributed by atoms with Crippen LogP contribution >= 0.6 is 0 Å². The normalized spacial score (nSPS) is 11.8. The Bertz CT molecular complexity index is 375. The van der Waals surface area contributed by atoms with Gasteiger partial charge in [-0.15, -0.1) is 0 Å². The molecular weight excluding hydrogens is 198 g/mol. The van der Waals surface area contributed by atoms with Gasteiger partial charge in [-0.25, -0.2) is 9.78 Å². The number of carbonyl (C=O) groups excluding carboxylic acids is 1. The number of aromatic carboxylic acids is 1. The molecule has 0 radical (unpaired) electrons. The lowest BCUT2D eigenvalue weighted by Crippen LogP contribution is -2.32. The second-order valence-corrected chi connectivity index (χ2v) is 3.01. The third kappa shape index (κ3) is 2.94. The molecule has 0 bridgehead atoms. The zero-order chi connectivity index (χ0) is 11.4. The lowest BCUT2D eigenvalue weighted by atomic mass is 10.3. The predicted octanol–water partition coefficient (Wildman–Crippen LogP) is 0.0655. The number of primary amides is 1. The molecule has 1 aromatic heterocycles. The molecule has 1 aromatic rings. The van der Waals surface area contributed by atoms with Crippen molar-refractivity contribution in [2.45, 2.75) is 13.0 Å². The number of anilines is 1. The summed E-state index contributed by atoms with van der Waals surface area (Å²) in [5, 5.41) is 11.4. The van der Waals surface area contributed by atoms with Crippen molar-refractivity contribution in [2.75, 3.05) is 5.32 Å². The van der Waals surface area contributed by atoms with Crippen LogP contribution in [0.25, 0.3) is 0 Å². The Morgan fingerprint density at radius 3 is 2.60 bits per heavy atom. The second-order valence-electron chi connectivity index (χ2n) is 3.01. The van der Waals surface area contributed by atoms with E-state index in [0.717, 1.165) is 0 Å². The Morgan fingerprint density at radius 1 is 1.53 bits per heavy atom. The molecule has 4 N–H and O–H groups in total. The molecule has 1 rings (SSSR count). The molecule has 15 heavy (non-hydrogen) atoms. The molecule has 0 saturated carbocycles. The van der Waals surface area contributed by atoms with Crippen molar-refractivity contribution >= 4 is 17.6 Å². The summed E-state index contributed by atoms with van der Waals surface area (Å²) in [7, 11) is 0. The summed E-state index contributed by atoms with van der Waals surface area (Å²) in [5.74, 6) is -1.58. The zero-order valence-corrected chi connectivity index (χ0v) is 8.10. The number of hydrogen-bond donors (Lipinski definition) is 3. The van der Waals surface area contributed by atoms with Crippen molar-refractivity contribution in [1.82, 2.24) is 4.98 Å². The molecule has 0 aliphatic carbocycles. The molecule has 1 amide bonds. The summed E-state index contributed by atoms with van der Waals surface area (Å²) >= 11 is 0. The van der Waals surface area contributed by atoms with E-state index in [2.05, 4.69) is 10.3 Å². The summed E-state index contributed by atoms with van der Waals surface area (Å²) < 4.78 is 0. The van der Waals surface area contributed by atoms with E-state index in [1.165, 1.54) is 18.3 Å². The minimum absolute atomic E-state index is 0.0488. The van der Waals surface area contributed by atoms with Gasteiger partial charge in [-0.1, -0.05) is 0 Å². The molecule has 0 aliphatic rings. The summed E-state index contributed by atoms with van der Waals surface area (Å²) in [5.41, 5.74) is 5.54. The van der Waals surface area contributed by atoms with Crippen LogP contribution < -0.4 is 11.1 Å². The highest BCUT2D eigenvalue weighted by molar-refractivity contribution is 5.86. The minimum atomic E-state index is -1.09. The summed E-state index contributed by atoms with van der Waals surface area (Å²) in [4.78, 5) is 24.9. The maximum absolute atomic E-state index is 10.7. The molecule has 0 aliphatic heterocycles. The third-order valence-corrected chi connectivity index (χ3v) is 1.79. The third-order valence-electron chi connectivity index (χ3n) is 1.79. The van der Waals surface area contributed by atoms with Crippen LogP contribution in [-0.4, -0.2) is 28.0 Å². The number of nitrogens with two attached hydrogens (primary N) is 1. The Morgan fingerprint density at radius 2 is 2.20 bits per heavy atom. The van der Waals surface area contributed by atoms with Gasteiger partial charge < -0.3 is 16.2 Å². The maximum atomic E-state index is 10.7. The van der Waals surface area contributed by atoms with Crippen LogP contribution in [0, 0.1) is 0 Å². The van der Waals surface area contributed by atoms with Crippen molar-refractivity contribution < 1.29 is 14.7 Å². The van der Waals surface area contributed by atoms with E-state index in [1.807, 2.05) is 0 Å². The van der Waals surface area contributed by atoms with Gasteiger partial charge in [0.2, 0.25) is 5.91 Å². The number of pyridine rings is 1. The first-order chi connectivity index (χ1) is 7.00.